The van der Waals surface area contributed by atoms with Gasteiger partial charge in [-0.05, 0) is 116 Å². The highest BCUT2D eigenvalue weighted by molar-refractivity contribution is 5.94. The van der Waals surface area contributed by atoms with Gasteiger partial charge in [0.2, 0.25) is 5.91 Å². The van der Waals surface area contributed by atoms with Gasteiger partial charge < -0.3 is 15.3 Å². The molecule has 6 nitrogen and oxygen atoms in total. The Hall–Kier alpha value is -1.57. The lowest BCUT2D eigenvalue weighted by Gasteiger charge is -2.63. The van der Waals surface area contributed by atoms with Crippen LogP contribution in [-0.2, 0) is 11.2 Å². The molecule has 4 saturated carbocycles. The molecule has 210 valence electrons. The van der Waals surface area contributed by atoms with Gasteiger partial charge in [-0.2, -0.15) is 0 Å². The Kier molecular flexibility index (Phi) is 6.67. The summed E-state index contributed by atoms with van der Waals surface area (Å²) in [6, 6.07) is 1.48. The van der Waals surface area contributed by atoms with Crippen LogP contribution < -0.4 is 4.90 Å². The minimum Gasteiger partial charge on any atom is -0.393 e. The maximum atomic E-state index is 13.6. The molecular weight excluding hydrogens is 483 g/mol. The van der Waals surface area contributed by atoms with Crippen molar-refractivity contribution in [2.45, 2.75) is 103 Å². The molecule has 4 aliphatic carbocycles. The highest BCUT2D eigenvalue weighted by Crippen LogP contribution is 2.68. The van der Waals surface area contributed by atoms with Crippen LogP contribution in [0.5, 0.6) is 0 Å². The molecule has 1 aromatic rings. The molecule has 6 rings (SSSR count). The molecule has 1 aromatic heterocycles. The van der Waals surface area contributed by atoms with Crippen molar-refractivity contribution in [2.24, 2.45) is 46.3 Å². The first-order valence-electron chi connectivity index (χ1n) is 15.0. The second kappa shape index (κ2) is 9.52. The molecule has 38 heavy (non-hydrogen) atoms. The molecule has 0 unspecified atom stereocenters. The summed E-state index contributed by atoms with van der Waals surface area (Å²) in [5.41, 5.74) is 0.609. The zero-order valence-corrected chi connectivity index (χ0v) is 23.2. The number of anilines is 1. The number of carbonyl (C=O) groups is 1. The number of pyridine rings is 1. The summed E-state index contributed by atoms with van der Waals surface area (Å²) in [6.45, 7) is 7.41. The van der Waals surface area contributed by atoms with E-state index in [1.54, 1.807) is 4.90 Å². The number of fused-ring (bicyclic) bond motifs is 6. The van der Waals surface area contributed by atoms with E-state index in [4.69, 9.17) is 0 Å². The fraction of sp³-hybridized carbons (Fsp3) is 0.806. The van der Waals surface area contributed by atoms with Crippen molar-refractivity contribution in [1.82, 2.24) is 4.98 Å². The van der Waals surface area contributed by atoms with Crippen LogP contribution in [-0.4, -0.2) is 51.1 Å². The first-order valence-corrected chi connectivity index (χ1v) is 15.0. The first kappa shape index (κ1) is 26.6. The highest BCUT2D eigenvalue weighted by Gasteiger charge is 2.65. The quantitative estimate of drug-likeness (QED) is 0.536. The summed E-state index contributed by atoms with van der Waals surface area (Å²) < 4.78 is 13.6. The molecule has 4 fully saturated rings. The van der Waals surface area contributed by atoms with Gasteiger partial charge in [-0.25, -0.2) is 9.37 Å². The van der Waals surface area contributed by atoms with Crippen LogP contribution in [0.15, 0.2) is 12.3 Å². The lowest BCUT2D eigenvalue weighted by molar-refractivity contribution is -0.207. The lowest BCUT2D eigenvalue weighted by atomic mass is 9.43. The van der Waals surface area contributed by atoms with Crippen molar-refractivity contribution >= 4 is 11.7 Å². The fourth-order valence-electron chi connectivity index (χ4n) is 10.3. The van der Waals surface area contributed by atoms with Crippen LogP contribution in [0.25, 0.3) is 0 Å². The summed E-state index contributed by atoms with van der Waals surface area (Å²) in [5, 5.41) is 33.6. The van der Waals surface area contributed by atoms with E-state index in [1.807, 2.05) is 0 Å². The summed E-state index contributed by atoms with van der Waals surface area (Å²) in [4.78, 5) is 19.0. The second-order valence-electron chi connectivity index (χ2n) is 14.0. The van der Waals surface area contributed by atoms with Crippen molar-refractivity contribution in [3.05, 3.63) is 23.6 Å². The molecule has 0 radical (unpaired) electrons. The van der Waals surface area contributed by atoms with Crippen LogP contribution >= 0.6 is 0 Å². The van der Waals surface area contributed by atoms with Gasteiger partial charge in [0.05, 0.1) is 24.5 Å². The van der Waals surface area contributed by atoms with Gasteiger partial charge in [-0.3, -0.25) is 9.69 Å². The standard InChI is InChI=1S/C31H45FN2O4/c1-17(4-7-27(38)34-11-9-18-12-20(32)16-33-29(18)34)22-5-6-23-28-24(15-26(37)31(22,23)3)30(2)10-8-21(35)13-19(30)14-25(28)36/h12,16-17,19,21-26,28,35-37H,4-11,13-15H2,1-3H3/t17-,19+,21-,22-,23+,24+,25-,26+,28+,30+,31-/m1/s1. The van der Waals surface area contributed by atoms with E-state index < -0.39 is 6.10 Å². The number of amides is 1. The summed E-state index contributed by atoms with van der Waals surface area (Å²) in [6.07, 6.45) is 8.05. The lowest BCUT2D eigenvalue weighted by Crippen LogP contribution is -2.62. The maximum absolute atomic E-state index is 13.6. The van der Waals surface area contributed by atoms with Gasteiger partial charge in [0.15, 0.2) is 0 Å². The molecule has 3 N–H and O–H groups in total. The topological polar surface area (TPSA) is 93.9 Å². The number of aliphatic hydroxyl groups is 3. The Balaban J connectivity index is 1.16. The SMILES string of the molecule is C[C@H](CCC(=O)N1CCc2cc(F)cnc21)[C@H]1CC[C@H]2[C@@H]3[C@H](O)C[C@@H]4C[C@H](O)CC[C@]4(C)[C@H]3C[C@H](O)[C@]12C. The molecule has 1 aliphatic heterocycles. The number of halogens is 1. The number of hydrogen-bond donors (Lipinski definition) is 3. The third kappa shape index (κ3) is 3.97. The third-order valence-corrected chi connectivity index (χ3v) is 12.4. The zero-order valence-electron chi connectivity index (χ0n) is 23.2. The maximum Gasteiger partial charge on any atom is 0.228 e. The van der Waals surface area contributed by atoms with Gasteiger partial charge in [-0.15, -0.1) is 0 Å². The molecule has 2 heterocycles. The van der Waals surface area contributed by atoms with Gasteiger partial charge in [0.1, 0.15) is 11.6 Å². The minimum atomic E-state index is -0.418. The smallest absolute Gasteiger partial charge is 0.228 e. The predicted octanol–water partition coefficient (Wildman–Crippen LogP) is 4.49. The molecule has 0 bridgehead atoms. The van der Waals surface area contributed by atoms with Crippen molar-refractivity contribution in [1.29, 1.82) is 0 Å². The Morgan fingerprint density at radius 2 is 1.95 bits per heavy atom. The van der Waals surface area contributed by atoms with Crippen LogP contribution in [0.1, 0.15) is 84.1 Å². The number of aromatic nitrogens is 1. The number of hydrogen-bond acceptors (Lipinski definition) is 5. The third-order valence-electron chi connectivity index (χ3n) is 12.4. The van der Waals surface area contributed by atoms with Gasteiger partial charge >= 0.3 is 0 Å². The van der Waals surface area contributed by atoms with Crippen molar-refractivity contribution in [3.63, 3.8) is 0 Å². The molecule has 5 aliphatic rings. The fourth-order valence-corrected chi connectivity index (χ4v) is 10.3. The summed E-state index contributed by atoms with van der Waals surface area (Å²) in [5.74, 6) is 1.95. The monoisotopic (exact) mass is 528 g/mol. The Morgan fingerprint density at radius 1 is 1.16 bits per heavy atom. The van der Waals surface area contributed by atoms with Gasteiger partial charge in [-0.1, -0.05) is 20.8 Å². The van der Waals surface area contributed by atoms with E-state index in [0.717, 1.165) is 56.9 Å². The van der Waals surface area contributed by atoms with E-state index in [2.05, 4.69) is 25.8 Å². The van der Waals surface area contributed by atoms with E-state index >= 15 is 0 Å². The van der Waals surface area contributed by atoms with Crippen molar-refractivity contribution in [2.75, 3.05) is 11.4 Å². The van der Waals surface area contributed by atoms with E-state index in [-0.39, 0.29) is 52.5 Å². The molecule has 0 spiro atoms. The average Bonchev–Trinajstić information content (AvgIpc) is 3.45. The van der Waals surface area contributed by atoms with Crippen LogP contribution in [0, 0.1) is 52.2 Å². The van der Waals surface area contributed by atoms with E-state index in [9.17, 15) is 24.5 Å². The normalized spacial score (nSPS) is 44.7. The zero-order chi connectivity index (χ0) is 27.0. The molecule has 0 saturated heterocycles. The predicted molar refractivity (Wildman–Crippen MR) is 143 cm³/mol. The van der Waals surface area contributed by atoms with E-state index in [1.165, 1.54) is 12.3 Å². The van der Waals surface area contributed by atoms with Gasteiger partial charge in [0, 0.05) is 13.0 Å². The first-order chi connectivity index (χ1) is 18.0. The summed E-state index contributed by atoms with van der Waals surface area (Å²) in [7, 11) is 0. The van der Waals surface area contributed by atoms with Crippen molar-refractivity contribution in [3.8, 4) is 0 Å². The number of rotatable bonds is 4. The molecular formula is C31H45FN2O4. The second-order valence-corrected chi connectivity index (χ2v) is 14.0. The Bertz CT molecular complexity index is 1080. The molecule has 7 heteroatoms. The molecule has 11 atom stereocenters. The van der Waals surface area contributed by atoms with Gasteiger partial charge in [0.25, 0.3) is 0 Å². The minimum absolute atomic E-state index is 0.0415. The number of carbonyl (C=O) groups excluding carboxylic acids is 1. The Labute approximate surface area is 226 Å². The van der Waals surface area contributed by atoms with Crippen LogP contribution in [0.2, 0.25) is 0 Å². The number of aliphatic hydroxyl groups excluding tert-OH is 3. The Morgan fingerprint density at radius 3 is 2.74 bits per heavy atom. The summed E-state index contributed by atoms with van der Waals surface area (Å²) >= 11 is 0. The largest absolute Gasteiger partial charge is 0.393 e. The molecule has 1 amide bonds. The van der Waals surface area contributed by atoms with Crippen molar-refractivity contribution < 1.29 is 24.5 Å². The number of nitrogens with zero attached hydrogens (tertiary/aromatic N) is 2. The highest BCUT2D eigenvalue weighted by atomic mass is 19.1. The van der Waals surface area contributed by atoms with Crippen LogP contribution in [0.3, 0.4) is 0 Å². The van der Waals surface area contributed by atoms with E-state index in [0.29, 0.717) is 43.0 Å². The average molecular weight is 529 g/mol. The molecule has 0 aromatic carbocycles. The van der Waals surface area contributed by atoms with Crippen LogP contribution in [0.4, 0.5) is 10.2 Å².